The van der Waals surface area contributed by atoms with Gasteiger partial charge >= 0.3 is 6.18 Å². The average molecular weight is 377 g/mol. The van der Waals surface area contributed by atoms with Crippen molar-refractivity contribution in [2.75, 3.05) is 12.0 Å². The Balaban J connectivity index is 2.66. The lowest BCUT2D eigenvalue weighted by molar-refractivity contribution is -0.137. The summed E-state index contributed by atoms with van der Waals surface area (Å²) in [6.07, 6.45) is -2.82. The molecule has 2 rings (SSSR count). The van der Waals surface area contributed by atoms with E-state index in [1.807, 2.05) is 0 Å². The maximum atomic E-state index is 12.7. The summed E-state index contributed by atoms with van der Waals surface area (Å²) in [5.74, 6) is 0.0459. The van der Waals surface area contributed by atoms with Gasteiger partial charge in [0.05, 0.1) is 15.6 Å². The normalized spacial score (nSPS) is 12.0. The molecule has 0 unspecified atom stereocenters. The van der Waals surface area contributed by atoms with Gasteiger partial charge in [-0.05, 0) is 18.4 Å². The fourth-order valence-corrected chi connectivity index (χ4v) is 3.07. The first kappa shape index (κ1) is 16.6. The number of nitrogens with zero attached hydrogens (tertiary/aromatic N) is 2. The maximum Gasteiger partial charge on any atom is 0.416 e. The maximum absolute atomic E-state index is 12.7. The van der Waals surface area contributed by atoms with Gasteiger partial charge in [-0.3, -0.25) is 0 Å². The van der Waals surface area contributed by atoms with Gasteiger partial charge in [0.2, 0.25) is 0 Å². The first-order valence-electron chi connectivity index (χ1n) is 5.31. The summed E-state index contributed by atoms with van der Waals surface area (Å²) < 4.78 is 39.2. The van der Waals surface area contributed by atoms with Gasteiger partial charge in [-0.15, -0.1) is 11.8 Å². The van der Waals surface area contributed by atoms with Crippen LogP contribution in [0.4, 0.5) is 19.0 Å². The van der Waals surface area contributed by atoms with Gasteiger partial charge in [0.15, 0.2) is 0 Å². The Hall–Kier alpha value is -0.760. The summed E-state index contributed by atoms with van der Waals surface area (Å²) >= 11 is 19.0. The number of rotatable bonds is 2. The van der Waals surface area contributed by atoms with Crippen LogP contribution in [0.1, 0.15) is 5.56 Å². The van der Waals surface area contributed by atoms with E-state index in [-0.39, 0.29) is 26.6 Å². The van der Waals surface area contributed by atoms with Crippen LogP contribution in [0, 0.1) is 0 Å². The molecule has 1 aromatic carbocycles. The first-order chi connectivity index (χ1) is 9.66. The summed E-state index contributed by atoms with van der Waals surface area (Å²) in [7, 11) is 0. The molecular weight excluding hydrogens is 370 g/mol. The molecule has 0 radical (unpaired) electrons. The molecule has 2 aromatic rings. The van der Waals surface area contributed by atoms with Crippen LogP contribution in [-0.2, 0) is 6.18 Å². The molecule has 0 saturated carbocycles. The molecular formula is C11H7Cl3F3N3S. The molecule has 2 N–H and O–H groups in total. The highest BCUT2D eigenvalue weighted by Crippen LogP contribution is 2.40. The molecule has 0 amide bonds. The number of anilines is 1. The zero-order chi connectivity index (χ0) is 15.9. The third-order valence-electron chi connectivity index (χ3n) is 2.58. The first-order valence-corrected chi connectivity index (χ1v) is 7.67. The molecule has 0 bridgehead atoms. The lowest BCUT2D eigenvalue weighted by Gasteiger charge is -2.13. The summed E-state index contributed by atoms with van der Waals surface area (Å²) in [5.41, 5.74) is 4.88. The van der Waals surface area contributed by atoms with Crippen LogP contribution in [0.15, 0.2) is 17.2 Å². The van der Waals surface area contributed by atoms with Crippen LogP contribution in [0.2, 0.25) is 15.1 Å². The molecule has 114 valence electrons. The van der Waals surface area contributed by atoms with E-state index in [2.05, 4.69) is 5.10 Å². The number of thioether (sulfide) groups is 1. The van der Waals surface area contributed by atoms with Crippen molar-refractivity contribution < 1.29 is 13.2 Å². The topological polar surface area (TPSA) is 43.8 Å². The van der Waals surface area contributed by atoms with E-state index in [0.717, 1.165) is 16.8 Å². The zero-order valence-corrected chi connectivity index (χ0v) is 13.4. The molecule has 3 nitrogen and oxygen atoms in total. The Bertz CT molecular complexity index is 677. The number of nitrogens with two attached hydrogens (primary N) is 1. The molecule has 0 atom stereocenters. The minimum atomic E-state index is -4.55. The smallest absolute Gasteiger partial charge is 0.382 e. The summed E-state index contributed by atoms with van der Waals surface area (Å²) in [6.45, 7) is 0. The molecule has 0 saturated heterocycles. The second-order valence-corrected chi connectivity index (χ2v) is 5.89. The number of hydrogen-bond acceptors (Lipinski definition) is 3. The minimum absolute atomic E-state index is 0.0459. The Labute approximate surface area is 137 Å². The quantitative estimate of drug-likeness (QED) is 0.737. The predicted octanol–water partition coefficient (Wildman–Crippen LogP) is 5.16. The third kappa shape index (κ3) is 3.06. The van der Waals surface area contributed by atoms with Gasteiger partial charge < -0.3 is 5.73 Å². The molecule has 0 aliphatic rings. The fraction of sp³-hybridized carbons (Fsp3) is 0.182. The molecule has 1 aromatic heterocycles. The van der Waals surface area contributed by atoms with Gasteiger partial charge in [-0.25, -0.2) is 4.68 Å². The standard InChI is InChI=1S/C11H7Cl3F3N3S/c1-21-10-7(14)9(18)20(19-10)8-5(12)2-4(3-6(8)13)11(15,16)17/h2-3H,18H2,1H3. The Morgan fingerprint density at radius 2 is 1.71 bits per heavy atom. The van der Waals surface area contributed by atoms with E-state index < -0.39 is 11.7 Å². The van der Waals surface area contributed by atoms with Crippen molar-refractivity contribution in [3.05, 3.63) is 32.8 Å². The van der Waals surface area contributed by atoms with Crippen LogP contribution >= 0.6 is 46.6 Å². The number of alkyl halides is 3. The van der Waals surface area contributed by atoms with Gasteiger partial charge in [-0.2, -0.15) is 18.3 Å². The molecule has 0 fully saturated rings. The Morgan fingerprint density at radius 1 is 1.19 bits per heavy atom. The van der Waals surface area contributed by atoms with Crippen LogP contribution < -0.4 is 5.73 Å². The lowest BCUT2D eigenvalue weighted by atomic mass is 10.2. The highest BCUT2D eigenvalue weighted by Gasteiger charge is 2.32. The van der Waals surface area contributed by atoms with E-state index in [1.165, 1.54) is 11.8 Å². The number of halogens is 6. The van der Waals surface area contributed by atoms with Crippen LogP contribution in [0.25, 0.3) is 5.69 Å². The minimum Gasteiger partial charge on any atom is -0.382 e. The van der Waals surface area contributed by atoms with Crippen LogP contribution in [0.5, 0.6) is 0 Å². The Morgan fingerprint density at radius 3 is 2.10 bits per heavy atom. The lowest BCUT2D eigenvalue weighted by Crippen LogP contribution is -2.08. The van der Waals surface area contributed by atoms with Crippen LogP contribution in [0.3, 0.4) is 0 Å². The highest BCUT2D eigenvalue weighted by atomic mass is 35.5. The molecule has 0 aliphatic heterocycles. The zero-order valence-electron chi connectivity index (χ0n) is 10.3. The molecule has 10 heteroatoms. The number of aromatic nitrogens is 2. The van der Waals surface area contributed by atoms with Crippen molar-refractivity contribution in [2.45, 2.75) is 11.2 Å². The van der Waals surface area contributed by atoms with Crippen molar-refractivity contribution in [3.63, 3.8) is 0 Å². The Kier molecular flexibility index (Phi) is 4.58. The second-order valence-electron chi connectivity index (χ2n) is 3.91. The monoisotopic (exact) mass is 375 g/mol. The molecule has 0 aliphatic carbocycles. The van der Waals surface area contributed by atoms with Gasteiger partial charge in [0, 0.05) is 0 Å². The molecule has 0 spiro atoms. The van der Waals surface area contributed by atoms with Crippen LogP contribution in [-0.4, -0.2) is 16.0 Å². The van der Waals surface area contributed by atoms with E-state index >= 15 is 0 Å². The number of nitrogen functional groups attached to an aromatic ring is 1. The van der Waals surface area contributed by atoms with Gasteiger partial charge in [0.25, 0.3) is 0 Å². The van der Waals surface area contributed by atoms with Gasteiger partial charge in [-0.1, -0.05) is 34.8 Å². The van der Waals surface area contributed by atoms with Gasteiger partial charge in [0.1, 0.15) is 21.6 Å². The summed E-state index contributed by atoms with van der Waals surface area (Å²) in [5, 5.41) is 4.23. The average Bonchev–Trinajstić information content (AvgIpc) is 2.65. The van der Waals surface area contributed by atoms with Crippen molar-refractivity contribution >= 4 is 52.4 Å². The SMILES string of the molecule is CSc1nn(-c2c(Cl)cc(C(F)(F)F)cc2Cl)c(N)c1Cl. The van der Waals surface area contributed by atoms with Crippen molar-refractivity contribution in [2.24, 2.45) is 0 Å². The third-order valence-corrected chi connectivity index (χ3v) is 4.31. The molecule has 21 heavy (non-hydrogen) atoms. The fourth-order valence-electron chi connectivity index (χ4n) is 1.62. The summed E-state index contributed by atoms with van der Waals surface area (Å²) in [6, 6.07) is 1.52. The predicted molar refractivity (Wildman–Crippen MR) is 79.8 cm³/mol. The largest absolute Gasteiger partial charge is 0.416 e. The van der Waals surface area contributed by atoms with E-state index in [4.69, 9.17) is 40.5 Å². The van der Waals surface area contributed by atoms with E-state index in [1.54, 1.807) is 6.26 Å². The summed E-state index contributed by atoms with van der Waals surface area (Å²) in [4.78, 5) is 0. The van der Waals surface area contributed by atoms with Crippen molar-refractivity contribution in [3.8, 4) is 5.69 Å². The van der Waals surface area contributed by atoms with E-state index in [9.17, 15) is 13.2 Å². The van der Waals surface area contributed by atoms with E-state index in [0.29, 0.717) is 5.03 Å². The number of benzene rings is 1. The number of hydrogen-bond donors (Lipinski definition) is 1. The van der Waals surface area contributed by atoms with Crippen molar-refractivity contribution in [1.82, 2.24) is 9.78 Å². The highest BCUT2D eigenvalue weighted by molar-refractivity contribution is 7.98. The van der Waals surface area contributed by atoms with Crippen molar-refractivity contribution in [1.29, 1.82) is 0 Å². The molecule has 1 heterocycles. The second kappa shape index (κ2) is 5.79.